The van der Waals surface area contributed by atoms with E-state index in [1.807, 2.05) is 23.1 Å². The zero-order chi connectivity index (χ0) is 24.2. The van der Waals surface area contributed by atoms with Gasteiger partial charge in [-0.2, -0.15) is 0 Å². The first-order valence-corrected chi connectivity index (χ1v) is 12.3. The number of aromatic amines is 1. The average Bonchev–Trinajstić information content (AvgIpc) is 3.37. The molecule has 178 valence electrons. The lowest BCUT2D eigenvalue weighted by Gasteiger charge is -2.29. The first-order valence-electron chi connectivity index (χ1n) is 12.3. The van der Waals surface area contributed by atoms with Crippen molar-refractivity contribution in [3.63, 3.8) is 0 Å². The van der Waals surface area contributed by atoms with Crippen LogP contribution in [0.3, 0.4) is 0 Å². The lowest BCUT2D eigenvalue weighted by atomic mass is 9.86. The molecule has 1 aromatic carbocycles. The van der Waals surface area contributed by atoms with E-state index >= 15 is 0 Å². The fourth-order valence-corrected chi connectivity index (χ4v) is 5.01. The predicted molar refractivity (Wildman–Crippen MR) is 137 cm³/mol. The number of benzene rings is 1. The van der Waals surface area contributed by atoms with E-state index < -0.39 is 0 Å². The molecule has 0 radical (unpaired) electrons. The van der Waals surface area contributed by atoms with Gasteiger partial charge in [0.1, 0.15) is 0 Å². The molecule has 2 heterocycles. The number of hydrogen-bond donors (Lipinski definition) is 3. The molecule has 34 heavy (non-hydrogen) atoms. The monoisotopic (exact) mass is 458 g/mol. The first-order chi connectivity index (χ1) is 16.4. The minimum Gasteiger partial charge on any atom is -0.359 e. The van der Waals surface area contributed by atoms with E-state index in [9.17, 15) is 9.59 Å². The van der Waals surface area contributed by atoms with Gasteiger partial charge in [-0.1, -0.05) is 19.8 Å². The molecule has 6 heteroatoms. The van der Waals surface area contributed by atoms with Gasteiger partial charge in [0.2, 0.25) is 0 Å². The lowest BCUT2D eigenvalue weighted by Crippen LogP contribution is -2.36. The third kappa shape index (κ3) is 4.80. The number of H-pyrrole nitrogens is 1. The van der Waals surface area contributed by atoms with E-state index in [2.05, 4.69) is 36.1 Å². The first kappa shape index (κ1) is 23.8. The van der Waals surface area contributed by atoms with Crippen molar-refractivity contribution in [2.24, 2.45) is 11.7 Å². The van der Waals surface area contributed by atoms with Crippen LogP contribution in [-0.2, 0) is 17.6 Å². The van der Waals surface area contributed by atoms with Gasteiger partial charge < -0.3 is 20.9 Å². The molecule has 0 saturated heterocycles. The Balaban J connectivity index is 1.73. The molecule has 1 aromatic heterocycles. The predicted octanol–water partition coefficient (Wildman–Crippen LogP) is 3.91. The summed E-state index contributed by atoms with van der Waals surface area (Å²) >= 11 is 0. The van der Waals surface area contributed by atoms with E-state index in [1.165, 1.54) is 5.56 Å². The molecule has 1 aliphatic carbocycles. The second-order valence-corrected chi connectivity index (χ2v) is 9.31. The molecule has 0 atom stereocenters. The molecule has 4 N–H and O–H groups in total. The second kappa shape index (κ2) is 10.3. The van der Waals surface area contributed by atoms with Gasteiger partial charge >= 0.3 is 0 Å². The smallest absolute Gasteiger partial charge is 0.259 e. The second-order valence-electron chi connectivity index (χ2n) is 9.31. The van der Waals surface area contributed by atoms with Gasteiger partial charge in [-0.15, -0.1) is 6.42 Å². The Hall–Kier alpha value is -3.30. The number of anilines is 1. The van der Waals surface area contributed by atoms with Crippen molar-refractivity contribution in [1.82, 2.24) is 10.3 Å². The highest BCUT2D eigenvalue weighted by molar-refractivity contribution is 6.36. The average molecular weight is 459 g/mol. The largest absolute Gasteiger partial charge is 0.359 e. The number of hydrogen-bond acceptors (Lipinski definition) is 3. The van der Waals surface area contributed by atoms with Gasteiger partial charge in [-0.05, 0) is 80.3 Å². The van der Waals surface area contributed by atoms with Crippen LogP contribution in [0.2, 0.25) is 0 Å². The van der Waals surface area contributed by atoms with Crippen LogP contribution in [0.1, 0.15) is 72.4 Å². The highest BCUT2D eigenvalue weighted by Crippen LogP contribution is 2.40. The summed E-state index contributed by atoms with van der Waals surface area (Å²) in [5, 5.41) is 2.71. The number of rotatable bonds is 7. The van der Waals surface area contributed by atoms with Crippen LogP contribution < -0.4 is 16.0 Å². The maximum atomic E-state index is 13.7. The molecule has 1 aliphatic heterocycles. The number of terminal acetylenes is 1. The number of carbonyl (C=O) groups is 2. The summed E-state index contributed by atoms with van der Waals surface area (Å²) in [6.45, 7) is 5.06. The quantitative estimate of drug-likeness (QED) is 0.434. The lowest BCUT2D eigenvalue weighted by molar-refractivity contribution is -0.113. The Morgan fingerprint density at radius 2 is 2.00 bits per heavy atom. The SMILES string of the molecule is C#CCNC(=O)c1ccc2c(c1)/C(=C/c1[nH]c(CC)cc1CC)C(=O)N2CC1CCC(N)CC1. The molecule has 0 bridgehead atoms. The number of carbonyl (C=O) groups excluding carboxylic acids is 2. The van der Waals surface area contributed by atoms with Crippen molar-refractivity contribution >= 4 is 29.2 Å². The number of nitrogens with two attached hydrogens (primary N) is 1. The normalized spacial score (nSPS) is 20.9. The third-order valence-electron chi connectivity index (χ3n) is 7.04. The summed E-state index contributed by atoms with van der Waals surface area (Å²) in [5.41, 5.74) is 12.1. The van der Waals surface area contributed by atoms with E-state index in [4.69, 9.17) is 12.2 Å². The molecule has 0 unspecified atom stereocenters. The Morgan fingerprint density at radius 3 is 2.68 bits per heavy atom. The van der Waals surface area contributed by atoms with Crippen molar-refractivity contribution in [3.8, 4) is 12.3 Å². The summed E-state index contributed by atoms with van der Waals surface area (Å²) in [5.74, 6) is 2.60. The number of fused-ring (bicyclic) bond motifs is 1. The molecule has 0 spiro atoms. The maximum absolute atomic E-state index is 13.7. The molecular formula is C28H34N4O2. The summed E-state index contributed by atoms with van der Waals surface area (Å²) < 4.78 is 0. The van der Waals surface area contributed by atoms with Gasteiger partial charge in [0.25, 0.3) is 11.8 Å². The van der Waals surface area contributed by atoms with E-state index in [-0.39, 0.29) is 24.4 Å². The van der Waals surface area contributed by atoms with Crippen molar-refractivity contribution < 1.29 is 9.59 Å². The van der Waals surface area contributed by atoms with Crippen LogP contribution in [0.25, 0.3) is 11.6 Å². The maximum Gasteiger partial charge on any atom is 0.259 e. The molecule has 6 nitrogen and oxygen atoms in total. The van der Waals surface area contributed by atoms with Gasteiger partial charge in [-0.25, -0.2) is 0 Å². The van der Waals surface area contributed by atoms with E-state index in [1.54, 1.807) is 6.07 Å². The van der Waals surface area contributed by atoms with Crippen molar-refractivity contribution in [2.45, 2.75) is 58.4 Å². The van der Waals surface area contributed by atoms with Crippen molar-refractivity contribution in [1.29, 1.82) is 0 Å². The van der Waals surface area contributed by atoms with Crippen LogP contribution in [0.5, 0.6) is 0 Å². The summed E-state index contributed by atoms with van der Waals surface area (Å²) in [6, 6.07) is 7.91. The molecule has 1 saturated carbocycles. The Bertz CT molecular complexity index is 1150. The Labute approximate surface area is 202 Å². The fourth-order valence-electron chi connectivity index (χ4n) is 5.01. The summed E-state index contributed by atoms with van der Waals surface area (Å²) in [6.07, 6.45) is 13.1. The van der Waals surface area contributed by atoms with Crippen LogP contribution in [-0.4, -0.2) is 35.9 Å². The standard InChI is InChI=1S/C28H34N4O2/c1-4-13-30-27(33)20-9-12-26-23(15-20)24(16-25-19(5-2)14-22(6-3)31-25)28(34)32(26)17-18-7-10-21(29)11-8-18/h1,9,12,14-16,18,21,31H,5-8,10-11,13,17,29H2,2-3H3,(H,30,33)/b24-16-. The van der Waals surface area contributed by atoms with Gasteiger partial charge in [0.05, 0.1) is 17.8 Å². The molecule has 2 aromatic rings. The molecule has 4 rings (SSSR count). The van der Waals surface area contributed by atoms with Crippen molar-refractivity contribution in [3.05, 3.63) is 52.3 Å². The van der Waals surface area contributed by atoms with Gasteiger partial charge in [0.15, 0.2) is 0 Å². The highest BCUT2D eigenvalue weighted by atomic mass is 16.2. The summed E-state index contributed by atoms with van der Waals surface area (Å²) in [7, 11) is 0. The zero-order valence-corrected chi connectivity index (χ0v) is 20.1. The van der Waals surface area contributed by atoms with E-state index in [0.29, 0.717) is 23.6 Å². The Kier molecular flexibility index (Phi) is 7.23. The molecule has 2 amide bonds. The van der Waals surface area contributed by atoms with Crippen LogP contribution in [0.15, 0.2) is 24.3 Å². The highest BCUT2D eigenvalue weighted by Gasteiger charge is 2.35. The third-order valence-corrected chi connectivity index (χ3v) is 7.04. The van der Waals surface area contributed by atoms with Crippen LogP contribution >= 0.6 is 0 Å². The zero-order valence-electron chi connectivity index (χ0n) is 20.1. The van der Waals surface area contributed by atoms with Crippen molar-refractivity contribution in [2.75, 3.05) is 18.0 Å². The minimum atomic E-state index is -0.241. The van der Waals surface area contributed by atoms with E-state index in [0.717, 1.165) is 61.2 Å². The minimum absolute atomic E-state index is 0.0132. The number of nitrogens with one attached hydrogen (secondary N) is 2. The van der Waals surface area contributed by atoms with Crippen LogP contribution in [0, 0.1) is 18.3 Å². The number of aromatic nitrogens is 1. The number of nitrogens with zero attached hydrogens (tertiary/aromatic N) is 1. The fraction of sp³-hybridized carbons (Fsp3) is 0.429. The molecule has 2 aliphatic rings. The molecule has 1 fully saturated rings. The number of amides is 2. The summed E-state index contributed by atoms with van der Waals surface area (Å²) in [4.78, 5) is 31.7. The Morgan fingerprint density at radius 1 is 1.24 bits per heavy atom. The molecular weight excluding hydrogens is 424 g/mol. The van der Waals surface area contributed by atoms with Gasteiger partial charge in [-0.3, -0.25) is 9.59 Å². The topological polar surface area (TPSA) is 91.2 Å². The van der Waals surface area contributed by atoms with Crippen LogP contribution in [0.4, 0.5) is 5.69 Å². The number of aryl methyl sites for hydroxylation is 2. The van der Waals surface area contributed by atoms with Gasteiger partial charge in [0, 0.05) is 35.1 Å².